The number of benzene rings is 1. The molecule has 2 N–H and O–H groups in total. The molecule has 7 heteroatoms. The summed E-state index contributed by atoms with van der Waals surface area (Å²) in [5.74, 6) is 3.18. The van der Waals surface area contributed by atoms with E-state index in [1.165, 1.54) is 25.9 Å². The molecule has 1 aliphatic rings. The van der Waals surface area contributed by atoms with E-state index in [-0.39, 0.29) is 24.0 Å². The fourth-order valence-corrected chi connectivity index (χ4v) is 3.33. The van der Waals surface area contributed by atoms with Gasteiger partial charge in [0.2, 0.25) is 0 Å². The molecule has 0 spiro atoms. The van der Waals surface area contributed by atoms with Gasteiger partial charge in [0.25, 0.3) is 0 Å². The summed E-state index contributed by atoms with van der Waals surface area (Å²) in [5.41, 5.74) is 1.09. The molecule has 0 amide bonds. The number of aliphatic imine (C=N–C) groups is 1. The number of likely N-dealkylation sites (tertiary alicyclic amines) is 1. The standard InChI is InChI=1S/C21H36N4O2.HI/c1-6-22-21(23-14-17(3)25-11-9-16(2)10-12-25)24-15-18-7-8-19(26-4)20(13-18)27-5;/h7-8,13,16-17H,6,9-12,14-15H2,1-5H3,(H2,22,23,24);1H. The van der Waals surface area contributed by atoms with Gasteiger partial charge in [-0.1, -0.05) is 13.0 Å². The number of rotatable bonds is 8. The molecule has 0 aromatic heterocycles. The maximum absolute atomic E-state index is 5.37. The molecule has 0 radical (unpaired) electrons. The zero-order valence-electron chi connectivity index (χ0n) is 18.0. The molecule has 6 nitrogen and oxygen atoms in total. The van der Waals surface area contributed by atoms with Crippen molar-refractivity contribution in [3.63, 3.8) is 0 Å². The summed E-state index contributed by atoms with van der Waals surface area (Å²) in [5, 5.41) is 6.83. The van der Waals surface area contributed by atoms with E-state index in [2.05, 4.69) is 36.3 Å². The summed E-state index contributed by atoms with van der Waals surface area (Å²) in [6, 6.07) is 6.42. The van der Waals surface area contributed by atoms with E-state index in [1.807, 2.05) is 18.2 Å². The Bertz CT molecular complexity index is 604. The Labute approximate surface area is 187 Å². The number of nitrogens with zero attached hydrogens (tertiary/aromatic N) is 2. The third kappa shape index (κ3) is 7.66. The van der Waals surface area contributed by atoms with E-state index in [1.54, 1.807) is 14.2 Å². The number of halogens is 1. The van der Waals surface area contributed by atoms with Gasteiger partial charge in [0.15, 0.2) is 17.5 Å². The van der Waals surface area contributed by atoms with Crippen LogP contribution in [0.5, 0.6) is 11.5 Å². The van der Waals surface area contributed by atoms with Crippen LogP contribution in [0.3, 0.4) is 0 Å². The predicted molar refractivity (Wildman–Crippen MR) is 127 cm³/mol. The molecule has 1 heterocycles. The predicted octanol–water partition coefficient (Wildman–Crippen LogP) is 3.50. The van der Waals surface area contributed by atoms with Crippen molar-refractivity contribution >= 4 is 29.9 Å². The van der Waals surface area contributed by atoms with Crippen molar-refractivity contribution in [2.75, 3.05) is 40.4 Å². The molecular weight excluding hydrogens is 467 g/mol. The van der Waals surface area contributed by atoms with Gasteiger partial charge in [-0.2, -0.15) is 0 Å². The minimum absolute atomic E-state index is 0. The smallest absolute Gasteiger partial charge is 0.191 e. The van der Waals surface area contributed by atoms with Gasteiger partial charge in [0, 0.05) is 19.1 Å². The van der Waals surface area contributed by atoms with Gasteiger partial charge >= 0.3 is 0 Å². The Balaban J connectivity index is 0.00000392. The fraction of sp³-hybridized carbons (Fsp3) is 0.667. The average molecular weight is 504 g/mol. The van der Waals surface area contributed by atoms with Crippen LogP contribution in [-0.4, -0.2) is 57.3 Å². The van der Waals surface area contributed by atoms with Crippen molar-refractivity contribution in [2.45, 2.75) is 46.2 Å². The lowest BCUT2D eigenvalue weighted by molar-refractivity contribution is 0.147. The van der Waals surface area contributed by atoms with Crippen molar-refractivity contribution in [1.29, 1.82) is 0 Å². The van der Waals surface area contributed by atoms with E-state index in [4.69, 9.17) is 14.5 Å². The van der Waals surface area contributed by atoms with E-state index >= 15 is 0 Å². The molecule has 0 aliphatic carbocycles. The van der Waals surface area contributed by atoms with Crippen LogP contribution in [0, 0.1) is 5.92 Å². The molecule has 0 bridgehead atoms. The topological polar surface area (TPSA) is 58.1 Å². The van der Waals surface area contributed by atoms with Crippen molar-refractivity contribution in [3.05, 3.63) is 23.8 Å². The lowest BCUT2D eigenvalue weighted by atomic mass is 9.98. The summed E-state index contributed by atoms with van der Waals surface area (Å²) in [4.78, 5) is 7.30. The first-order chi connectivity index (χ1) is 13.1. The minimum Gasteiger partial charge on any atom is -0.493 e. The molecule has 0 saturated carbocycles. The van der Waals surface area contributed by atoms with Crippen molar-refractivity contribution in [2.24, 2.45) is 10.9 Å². The maximum atomic E-state index is 5.37. The number of methoxy groups -OCH3 is 2. The van der Waals surface area contributed by atoms with Gasteiger partial charge in [-0.25, -0.2) is 4.99 Å². The second-order valence-electron chi connectivity index (χ2n) is 7.33. The molecule has 160 valence electrons. The highest BCUT2D eigenvalue weighted by atomic mass is 127. The zero-order valence-corrected chi connectivity index (χ0v) is 20.3. The summed E-state index contributed by atoms with van der Waals surface area (Å²) < 4.78 is 10.7. The largest absolute Gasteiger partial charge is 0.493 e. The number of hydrogen-bond acceptors (Lipinski definition) is 4. The Morgan fingerprint density at radius 2 is 1.86 bits per heavy atom. The molecule has 1 unspecified atom stereocenters. The van der Waals surface area contributed by atoms with Crippen LogP contribution in [0.15, 0.2) is 23.2 Å². The third-order valence-electron chi connectivity index (χ3n) is 5.22. The first-order valence-electron chi connectivity index (χ1n) is 10.0. The molecule has 1 fully saturated rings. The number of hydrogen-bond donors (Lipinski definition) is 2. The lowest BCUT2D eigenvalue weighted by Crippen LogP contribution is -2.48. The highest BCUT2D eigenvalue weighted by Crippen LogP contribution is 2.27. The summed E-state index contributed by atoms with van der Waals surface area (Å²) in [6.07, 6.45) is 2.61. The van der Waals surface area contributed by atoms with Gasteiger partial charge in [0.05, 0.1) is 20.8 Å². The summed E-state index contributed by atoms with van der Waals surface area (Å²) in [6.45, 7) is 11.5. The molecule has 1 saturated heterocycles. The van der Waals surface area contributed by atoms with Gasteiger partial charge in [-0.15, -0.1) is 24.0 Å². The van der Waals surface area contributed by atoms with Crippen LogP contribution >= 0.6 is 24.0 Å². The first-order valence-corrected chi connectivity index (χ1v) is 10.0. The van der Waals surface area contributed by atoms with Gasteiger partial charge in [-0.3, -0.25) is 4.90 Å². The molecule has 1 aromatic carbocycles. The lowest BCUT2D eigenvalue weighted by Gasteiger charge is -2.35. The summed E-state index contributed by atoms with van der Waals surface area (Å²) >= 11 is 0. The Hall–Kier alpha value is -1.22. The average Bonchev–Trinajstić information content (AvgIpc) is 2.70. The van der Waals surface area contributed by atoms with Crippen LogP contribution in [0.25, 0.3) is 0 Å². The third-order valence-corrected chi connectivity index (χ3v) is 5.22. The highest BCUT2D eigenvalue weighted by molar-refractivity contribution is 14.0. The van der Waals surface area contributed by atoms with Gasteiger partial charge in [0.1, 0.15) is 0 Å². The first kappa shape index (κ1) is 24.8. The quantitative estimate of drug-likeness (QED) is 0.323. The van der Waals surface area contributed by atoms with Gasteiger partial charge in [-0.05, 0) is 63.4 Å². The summed E-state index contributed by atoms with van der Waals surface area (Å²) in [7, 11) is 3.30. The minimum atomic E-state index is 0. The molecule has 1 atom stereocenters. The number of guanidine groups is 1. The molecule has 1 aliphatic heterocycles. The van der Waals surface area contributed by atoms with Crippen LogP contribution in [0.2, 0.25) is 0 Å². The van der Waals surface area contributed by atoms with E-state index in [0.717, 1.165) is 42.0 Å². The van der Waals surface area contributed by atoms with Crippen LogP contribution < -0.4 is 20.1 Å². The van der Waals surface area contributed by atoms with Crippen molar-refractivity contribution in [1.82, 2.24) is 15.5 Å². The molecular formula is C21H37IN4O2. The zero-order chi connectivity index (χ0) is 19.6. The second kappa shape index (κ2) is 13.1. The normalized spacial score (nSPS) is 16.8. The Morgan fingerprint density at radius 3 is 2.46 bits per heavy atom. The number of piperidine rings is 1. The van der Waals surface area contributed by atoms with Crippen LogP contribution in [0.1, 0.15) is 39.2 Å². The van der Waals surface area contributed by atoms with Gasteiger partial charge < -0.3 is 20.1 Å². The van der Waals surface area contributed by atoms with E-state index in [0.29, 0.717) is 12.6 Å². The van der Waals surface area contributed by atoms with Crippen molar-refractivity contribution < 1.29 is 9.47 Å². The molecule has 28 heavy (non-hydrogen) atoms. The molecule has 1 aromatic rings. The van der Waals surface area contributed by atoms with Crippen molar-refractivity contribution in [3.8, 4) is 11.5 Å². The van der Waals surface area contributed by atoms with Crippen LogP contribution in [-0.2, 0) is 6.54 Å². The molecule has 2 rings (SSSR count). The van der Waals surface area contributed by atoms with Crippen LogP contribution in [0.4, 0.5) is 0 Å². The Morgan fingerprint density at radius 1 is 1.18 bits per heavy atom. The fourth-order valence-electron chi connectivity index (χ4n) is 3.33. The number of nitrogens with one attached hydrogen (secondary N) is 2. The van der Waals surface area contributed by atoms with E-state index < -0.39 is 0 Å². The SMILES string of the molecule is CCNC(=NCc1ccc(OC)c(OC)c1)NCC(C)N1CCC(C)CC1.I. The van der Waals surface area contributed by atoms with E-state index in [9.17, 15) is 0 Å². The monoisotopic (exact) mass is 504 g/mol. The number of ether oxygens (including phenoxy) is 2. The Kier molecular flexibility index (Phi) is 11.6. The maximum Gasteiger partial charge on any atom is 0.191 e. The second-order valence-corrected chi connectivity index (χ2v) is 7.33. The highest BCUT2D eigenvalue weighted by Gasteiger charge is 2.20.